The molecule has 2 fully saturated rings. The summed E-state index contributed by atoms with van der Waals surface area (Å²) in [6, 6.07) is 8.52. The zero-order valence-electron chi connectivity index (χ0n) is 8.17. The second-order valence-corrected chi connectivity index (χ2v) is 5.52. The standard InChI is InChI=1S/C12H14BrN/c13-10-4-1-2-5-11(10)14-8-12(9-14)6-3-7-12/h1-2,4-5H,3,6-9H2. The van der Waals surface area contributed by atoms with Gasteiger partial charge in [-0.05, 0) is 40.9 Å². The van der Waals surface area contributed by atoms with Crippen molar-refractivity contribution in [3.63, 3.8) is 0 Å². The molecule has 1 heterocycles. The van der Waals surface area contributed by atoms with Gasteiger partial charge in [0.15, 0.2) is 0 Å². The molecular formula is C12H14BrN. The van der Waals surface area contributed by atoms with Gasteiger partial charge in [-0.25, -0.2) is 0 Å². The lowest BCUT2D eigenvalue weighted by Crippen LogP contribution is -2.59. The summed E-state index contributed by atoms with van der Waals surface area (Å²) in [5.74, 6) is 0. The minimum Gasteiger partial charge on any atom is -0.369 e. The normalized spacial score (nSPS) is 23.1. The van der Waals surface area contributed by atoms with E-state index in [-0.39, 0.29) is 0 Å². The molecule has 2 aliphatic rings. The molecule has 74 valence electrons. The zero-order valence-corrected chi connectivity index (χ0v) is 9.76. The molecule has 1 saturated heterocycles. The van der Waals surface area contributed by atoms with Gasteiger partial charge in [0.2, 0.25) is 0 Å². The second kappa shape index (κ2) is 2.99. The van der Waals surface area contributed by atoms with Crippen LogP contribution < -0.4 is 4.90 Å². The van der Waals surface area contributed by atoms with Crippen molar-refractivity contribution in [1.82, 2.24) is 0 Å². The molecule has 0 bridgehead atoms. The molecule has 1 aliphatic carbocycles. The van der Waals surface area contributed by atoms with Gasteiger partial charge in [0.1, 0.15) is 0 Å². The van der Waals surface area contributed by atoms with E-state index >= 15 is 0 Å². The lowest BCUT2D eigenvalue weighted by atomic mass is 9.63. The average Bonchev–Trinajstić information content (AvgIpc) is 2.03. The van der Waals surface area contributed by atoms with Crippen LogP contribution in [0.5, 0.6) is 0 Å². The Morgan fingerprint density at radius 2 is 1.86 bits per heavy atom. The lowest BCUT2D eigenvalue weighted by molar-refractivity contribution is 0.0903. The highest BCUT2D eigenvalue weighted by Gasteiger charge is 2.47. The quantitative estimate of drug-likeness (QED) is 0.740. The molecule has 0 radical (unpaired) electrons. The van der Waals surface area contributed by atoms with E-state index in [2.05, 4.69) is 45.1 Å². The van der Waals surface area contributed by atoms with Crippen LogP contribution in [-0.2, 0) is 0 Å². The largest absolute Gasteiger partial charge is 0.369 e. The van der Waals surface area contributed by atoms with Crippen molar-refractivity contribution in [1.29, 1.82) is 0 Å². The molecule has 1 saturated carbocycles. The van der Waals surface area contributed by atoms with E-state index in [9.17, 15) is 0 Å². The van der Waals surface area contributed by atoms with E-state index in [1.165, 1.54) is 42.5 Å². The smallest absolute Gasteiger partial charge is 0.0511 e. The maximum absolute atomic E-state index is 3.61. The first-order chi connectivity index (χ1) is 6.79. The molecule has 1 nitrogen and oxygen atoms in total. The number of hydrogen-bond acceptors (Lipinski definition) is 1. The monoisotopic (exact) mass is 251 g/mol. The second-order valence-electron chi connectivity index (χ2n) is 4.66. The maximum Gasteiger partial charge on any atom is 0.0511 e. The first-order valence-electron chi connectivity index (χ1n) is 5.29. The fraction of sp³-hybridized carbons (Fsp3) is 0.500. The fourth-order valence-corrected chi connectivity index (χ4v) is 3.17. The van der Waals surface area contributed by atoms with Gasteiger partial charge in [-0.3, -0.25) is 0 Å². The molecule has 1 spiro atoms. The van der Waals surface area contributed by atoms with Crippen LogP contribution in [0.3, 0.4) is 0 Å². The van der Waals surface area contributed by atoms with Crippen LogP contribution in [0.1, 0.15) is 19.3 Å². The summed E-state index contributed by atoms with van der Waals surface area (Å²) in [7, 11) is 0. The number of hydrogen-bond donors (Lipinski definition) is 0. The summed E-state index contributed by atoms with van der Waals surface area (Å²) >= 11 is 3.61. The highest BCUT2D eigenvalue weighted by molar-refractivity contribution is 9.10. The summed E-state index contributed by atoms with van der Waals surface area (Å²) in [6.45, 7) is 2.55. The van der Waals surface area contributed by atoms with Gasteiger partial charge >= 0.3 is 0 Å². The van der Waals surface area contributed by atoms with Gasteiger partial charge in [0.25, 0.3) is 0 Å². The summed E-state index contributed by atoms with van der Waals surface area (Å²) in [5.41, 5.74) is 2.08. The third kappa shape index (κ3) is 1.20. The molecule has 0 unspecified atom stereocenters. The van der Waals surface area contributed by atoms with Gasteiger partial charge in [-0.15, -0.1) is 0 Å². The van der Waals surface area contributed by atoms with Gasteiger partial charge in [-0.2, -0.15) is 0 Å². The van der Waals surface area contributed by atoms with Crippen LogP contribution in [0.2, 0.25) is 0 Å². The van der Waals surface area contributed by atoms with E-state index in [0.717, 1.165) is 5.41 Å². The van der Waals surface area contributed by atoms with Gasteiger partial charge < -0.3 is 4.90 Å². The summed E-state index contributed by atoms with van der Waals surface area (Å²) in [6.07, 6.45) is 4.35. The fourth-order valence-electron chi connectivity index (χ4n) is 2.63. The van der Waals surface area contributed by atoms with Crippen LogP contribution in [-0.4, -0.2) is 13.1 Å². The summed E-state index contributed by atoms with van der Waals surface area (Å²) in [4.78, 5) is 2.49. The third-order valence-corrected chi connectivity index (χ3v) is 4.33. The van der Waals surface area contributed by atoms with Crippen LogP contribution in [0.4, 0.5) is 5.69 Å². The SMILES string of the molecule is Brc1ccccc1N1CC2(CCC2)C1. The Kier molecular flexibility index (Phi) is 1.88. The summed E-state index contributed by atoms with van der Waals surface area (Å²) < 4.78 is 1.23. The first kappa shape index (κ1) is 8.78. The predicted molar refractivity (Wildman–Crippen MR) is 62.6 cm³/mol. The molecule has 0 N–H and O–H groups in total. The number of para-hydroxylation sites is 1. The van der Waals surface area contributed by atoms with Crippen molar-refractivity contribution in [2.75, 3.05) is 18.0 Å². The molecule has 1 aromatic carbocycles. The van der Waals surface area contributed by atoms with E-state index in [4.69, 9.17) is 0 Å². The number of nitrogens with zero attached hydrogens (tertiary/aromatic N) is 1. The van der Waals surface area contributed by atoms with E-state index in [0.29, 0.717) is 0 Å². The van der Waals surface area contributed by atoms with Crippen molar-refractivity contribution in [3.05, 3.63) is 28.7 Å². The molecule has 0 aromatic heterocycles. The Labute approximate surface area is 93.2 Å². The Bertz CT molecular complexity index is 349. The maximum atomic E-state index is 3.61. The highest BCUT2D eigenvalue weighted by atomic mass is 79.9. The minimum absolute atomic E-state index is 0.718. The highest BCUT2D eigenvalue weighted by Crippen LogP contribution is 2.50. The first-order valence-corrected chi connectivity index (χ1v) is 6.08. The van der Waals surface area contributed by atoms with Gasteiger partial charge in [0.05, 0.1) is 5.69 Å². The van der Waals surface area contributed by atoms with Crippen molar-refractivity contribution in [2.24, 2.45) is 5.41 Å². The Hall–Kier alpha value is -0.500. The lowest BCUT2D eigenvalue weighted by Gasteiger charge is -2.57. The molecule has 1 aliphatic heterocycles. The van der Waals surface area contributed by atoms with Crippen LogP contribution in [0, 0.1) is 5.41 Å². The minimum atomic E-state index is 0.718. The van der Waals surface area contributed by atoms with Crippen molar-refractivity contribution in [3.8, 4) is 0 Å². The molecule has 2 heteroatoms. The topological polar surface area (TPSA) is 3.24 Å². The molecule has 0 amide bonds. The van der Waals surface area contributed by atoms with Gasteiger partial charge in [0, 0.05) is 23.0 Å². The number of anilines is 1. The Morgan fingerprint density at radius 1 is 1.14 bits per heavy atom. The van der Waals surface area contributed by atoms with Crippen LogP contribution in [0.15, 0.2) is 28.7 Å². The van der Waals surface area contributed by atoms with Crippen LogP contribution >= 0.6 is 15.9 Å². The predicted octanol–water partition coefficient (Wildman–Crippen LogP) is 3.44. The van der Waals surface area contributed by atoms with Crippen molar-refractivity contribution in [2.45, 2.75) is 19.3 Å². The van der Waals surface area contributed by atoms with Crippen molar-refractivity contribution >= 4 is 21.6 Å². The molecule has 1 aromatic rings. The van der Waals surface area contributed by atoms with E-state index in [1.54, 1.807) is 0 Å². The Balaban J connectivity index is 1.76. The van der Waals surface area contributed by atoms with E-state index in [1.807, 2.05) is 0 Å². The number of rotatable bonds is 1. The van der Waals surface area contributed by atoms with Crippen molar-refractivity contribution < 1.29 is 0 Å². The molecule has 14 heavy (non-hydrogen) atoms. The van der Waals surface area contributed by atoms with Gasteiger partial charge in [-0.1, -0.05) is 18.6 Å². The summed E-state index contributed by atoms with van der Waals surface area (Å²) in [5, 5.41) is 0. The average molecular weight is 252 g/mol. The number of halogens is 1. The third-order valence-electron chi connectivity index (χ3n) is 3.66. The zero-order chi connectivity index (χ0) is 9.60. The molecule has 0 atom stereocenters. The molecular weight excluding hydrogens is 238 g/mol. The number of benzene rings is 1. The van der Waals surface area contributed by atoms with Crippen LogP contribution in [0.25, 0.3) is 0 Å². The molecule has 3 rings (SSSR count). The van der Waals surface area contributed by atoms with E-state index < -0.39 is 0 Å². The Morgan fingerprint density at radius 3 is 2.43 bits per heavy atom.